The Hall–Kier alpha value is -2.61. The maximum absolute atomic E-state index is 6.52. The zero-order valence-corrected chi connectivity index (χ0v) is 18.0. The molecular weight excluding hydrogens is 378 g/mol. The summed E-state index contributed by atoms with van der Waals surface area (Å²) in [4.78, 5) is 4.72. The number of nitrogens with zero attached hydrogens (tertiary/aromatic N) is 5. The van der Waals surface area contributed by atoms with E-state index in [0.717, 1.165) is 48.1 Å². The van der Waals surface area contributed by atoms with Crippen LogP contribution in [0.4, 0.5) is 0 Å². The molecule has 0 bridgehead atoms. The lowest BCUT2D eigenvalue weighted by atomic mass is 9.98. The first-order valence-corrected chi connectivity index (χ1v) is 11.0. The van der Waals surface area contributed by atoms with Gasteiger partial charge in [-0.25, -0.2) is 10.8 Å². The Morgan fingerprint density at radius 2 is 1.97 bits per heavy atom. The summed E-state index contributed by atoms with van der Waals surface area (Å²) < 4.78 is 8.22. The molecule has 162 valence electrons. The number of hydrogen-bond acceptors (Lipinski definition) is 7. The molecule has 8 heteroatoms. The third-order valence-corrected chi connectivity index (χ3v) is 6.08. The van der Waals surface area contributed by atoms with Crippen molar-refractivity contribution in [2.24, 2.45) is 17.5 Å². The van der Waals surface area contributed by atoms with E-state index in [9.17, 15) is 0 Å². The van der Waals surface area contributed by atoms with Crippen molar-refractivity contribution in [3.63, 3.8) is 0 Å². The number of hydrazine groups is 1. The molecule has 8 nitrogen and oxygen atoms in total. The van der Waals surface area contributed by atoms with Crippen LogP contribution in [0.5, 0.6) is 5.75 Å². The first-order valence-electron chi connectivity index (χ1n) is 11.0. The summed E-state index contributed by atoms with van der Waals surface area (Å²) in [6.07, 6.45) is 11.6. The second kappa shape index (κ2) is 9.04. The predicted octanol–water partition coefficient (Wildman–Crippen LogP) is 2.78. The van der Waals surface area contributed by atoms with E-state index < -0.39 is 0 Å². The van der Waals surface area contributed by atoms with Crippen molar-refractivity contribution in [3.05, 3.63) is 41.4 Å². The van der Waals surface area contributed by atoms with Gasteiger partial charge in [0.05, 0.1) is 35.4 Å². The van der Waals surface area contributed by atoms with E-state index in [1.54, 1.807) is 18.4 Å². The minimum Gasteiger partial charge on any atom is -0.489 e. The summed E-state index contributed by atoms with van der Waals surface area (Å²) in [6, 6.07) is 3.89. The molecule has 2 aromatic heterocycles. The monoisotopic (exact) mass is 411 g/mol. The Kier molecular flexibility index (Phi) is 6.22. The number of hydrogen-bond donors (Lipinski definition) is 2. The normalized spacial score (nSPS) is 18.2. The van der Waals surface area contributed by atoms with Crippen molar-refractivity contribution in [1.29, 1.82) is 0 Å². The maximum atomic E-state index is 6.52. The van der Waals surface area contributed by atoms with Gasteiger partial charge in [0.2, 0.25) is 0 Å². The third kappa shape index (κ3) is 4.92. The average molecular weight is 412 g/mol. The van der Waals surface area contributed by atoms with E-state index in [1.165, 1.54) is 32.1 Å². The molecule has 0 radical (unpaired) electrons. The highest BCUT2D eigenvalue weighted by molar-refractivity contribution is 5.63. The SMILES string of the molecule is Cc1nc(/C(N)=C(\Cn2cnnc2CC2CC2)N(C)N)ccc1OC1CCCCC1. The minimum absolute atomic E-state index is 0.294. The summed E-state index contributed by atoms with van der Waals surface area (Å²) in [5.41, 5.74) is 9.40. The Balaban J connectivity index is 1.53. The van der Waals surface area contributed by atoms with Gasteiger partial charge in [0.1, 0.15) is 17.9 Å². The summed E-state index contributed by atoms with van der Waals surface area (Å²) in [5.74, 6) is 8.68. The Labute approximate surface area is 178 Å². The van der Waals surface area contributed by atoms with Gasteiger partial charge in [-0.15, -0.1) is 10.2 Å². The topological polar surface area (TPSA) is 108 Å². The standard InChI is InChI=1S/C22H33N7O/c1-15-20(30-17-6-4-3-5-7-17)11-10-18(26-15)22(23)19(28(2)24)13-29-14-25-27-21(29)12-16-8-9-16/h10-11,14,16-17H,3-9,12-13,23-24H2,1-2H3/b22-19-. The van der Waals surface area contributed by atoms with E-state index in [4.69, 9.17) is 21.3 Å². The van der Waals surface area contributed by atoms with E-state index in [-0.39, 0.29) is 0 Å². The summed E-state index contributed by atoms with van der Waals surface area (Å²) in [5, 5.41) is 9.92. The van der Waals surface area contributed by atoms with Crippen LogP contribution in [0.3, 0.4) is 0 Å². The van der Waals surface area contributed by atoms with E-state index >= 15 is 0 Å². The van der Waals surface area contributed by atoms with Crippen molar-refractivity contribution in [2.45, 2.75) is 70.9 Å². The van der Waals surface area contributed by atoms with Crippen LogP contribution in [0.2, 0.25) is 0 Å². The molecule has 2 fully saturated rings. The summed E-state index contributed by atoms with van der Waals surface area (Å²) >= 11 is 0. The Morgan fingerprint density at radius 3 is 2.63 bits per heavy atom. The van der Waals surface area contributed by atoms with Gasteiger partial charge in [0, 0.05) is 13.5 Å². The molecule has 0 amide bonds. The molecule has 4 N–H and O–H groups in total. The molecule has 0 aliphatic heterocycles. The number of likely N-dealkylation sites (N-methyl/N-ethyl adjacent to an activating group) is 1. The number of pyridine rings is 1. The van der Waals surface area contributed by atoms with E-state index in [1.807, 2.05) is 23.6 Å². The lowest BCUT2D eigenvalue weighted by molar-refractivity contribution is 0.153. The molecular formula is C22H33N7O. The van der Waals surface area contributed by atoms with Gasteiger partial charge in [0.15, 0.2) is 0 Å². The van der Waals surface area contributed by atoms with Crippen LogP contribution >= 0.6 is 0 Å². The zero-order chi connectivity index (χ0) is 21.1. The molecule has 0 spiro atoms. The van der Waals surface area contributed by atoms with Gasteiger partial charge in [-0.1, -0.05) is 6.42 Å². The number of nitrogens with two attached hydrogens (primary N) is 2. The van der Waals surface area contributed by atoms with Crippen LogP contribution < -0.4 is 16.3 Å². The number of aryl methyl sites for hydroxylation is 1. The second-order valence-corrected chi connectivity index (χ2v) is 8.65. The van der Waals surface area contributed by atoms with Crippen LogP contribution in [-0.4, -0.2) is 37.9 Å². The van der Waals surface area contributed by atoms with E-state index in [2.05, 4.69) is 10.2 Å². The molecule has 2 heterocycles. The Morgan fingerprint density at radius 1 is 1.20 bits per heavy atom. The fraction of sp³-hybridized carbons (Fsp3) is 0.591. The molecule has 30 heavy (non-hydrogen) atoms. The highest BCUT2D eigenvalue weighted by Crippen LogP contribution is 2.32. The van der Waals surface area contributed by atoms with Gasteiger partial charge in [-0.3, -0.25) is 0 Å². The van der Waals surface area contributed by atoms with Gasteiger partial charge in [-0.2, -0.15) is 0 Å². The van der Waals surface area contributed by atoms with Gasteiger partial charge in [0.25, 0.3) is 0 Å². The third-order valence-electron chi connectivity index (χ3n) is 6.08. The van der Waals surface area contributed by atoms with Crippen LogP contribution in [0.15, 0.2) is 24.2 Å². The van der Waals surface area contributed by atoms with Gasteiger partial charge >= 0.3 is 0 Å². The van der Waals surface area contributed by atoms with Crippen LogP contribution in [0.25, 0.3) is 5.70 Å². The molecule has 0 saturated heterocycles. The first kappa shape index (κ1) is 20.7. The van der Waals surface area contributed by atoms with Crippen molar-refractivity contribution in [1.82, 2.24) is 24.8 Å². The highest BCUT2D eigenvalue weighted by atomic mass is 16.5. The van der Waals surface area contributed by atoms with Crippen molar-refractivity contribution >= 4 is 5.70 Å². The van der Waals surface area contributed by atoms with Gasteiger partial charge < -0.3 is 20.0 Å². The smallest absolute Gasteiger partial charge is 0.140 e. The molecule has 2 aliphatic carbocycles. The molecule has 4 rings (SSSR count). The van der Waals surface area contributed by atoms with E-state index in [0.29, 0.717) is 24.0 Å². The zero-order valence-electron chi connectivity index (χ0n) is 18.0. The van der Waals surface area contributed by atoms with Crippen molar-refractivity contribution in [3.8, 4) is 5.75 Å². The van der Waals surface area contributed by atoms with Crippen LogP contribution in [0.1, 0.15) is 62.2 Å². The number of ether oxygens (including phenoxy) is 1. The predicted molar refractivity (Wildman–Crippen MR) is 116 cm³/mol. The molecule has 2 aliphatic rings. The fourth-order valence-electron chi connectivity index (χ4n) is 4.03. The summed E-state index contributed by atoms with van der Waals surface area (Å²) in [7, 11) is 1.79. The summed E-state index contributed by atoms with van der Waals surface area (Å²) in [6.45, 7) is 2.48. The highest BCUT2D eigenvalue weighted by Gasteiger charge is 2.24. The quantitative estimate of drug-likeness (QED) is 0.508. The lowest BCUT2D eigenvalue weighted by Crippen LogP contribution is -2.31. The van der Waals surface area contributed by atoms with Crippen molar-refractivity contribution in [2.75, 3.05) is 7.05 Å². The first-order chi connectivity index (χ1) is 14.5. The lowest BCUT2D eigenvalue weighted by Gasteiger charge is -2.24. The molecule has 2 aromatic rings. The average Bonchev–Trinajstić information content (AvgIpc) is 3.45. The van der Waals surface area contributed by atoms with Crippen LogP contribution in [-0.2, 0) is 13.0 Å². The van der Waals surface area contributed by atoms with Gasteiger partial charge in [-0.05, 0) is 63.5 Å². The van der Waals surface area contributed by atoms with Crippen LogP contribution in [0, 0.1) is 12.8 Å². The molecule has 2 saturated carbocycles. The number of aromatic nitrogens is 4. The van der Waals surface area contributed by atoms with Crippen molar-refractivity contribution < 1.29 is 4.74 Å². The maximum Gasteiger partial charge on any atom is 0.140 e. The molecule has 0 atom stereocenters. The minimum atomic E-state index is 0.294. The second-order valence-electron chi connectivity index (χ2n) is 8.65. The Bertz CT molecular complexity index is 895. The molecule has 0 unspecified atom stereocenters. The number of rotatable bonds is 8. The fourth-order valence-corrected chi connectivity index (χ4v) is 4.03. The largest absolute Gasteiger partial charge is 0.489 e. The number of allylic oxidation sites excluding steroid dienone is 1. The molecule has 0 aromatic carbocycles.